The van der Waals surface area contributed by atoms with Gasteiger partial charge in [0.25, 0.3) is 5.91 Å². The summed E-state index contributed by atoms with van der Waals surface area (Å²) in [4.78, 5) is 25.3. The number of hydrogen-bond acceptors (Lipinski definition) is 4. The van der Waals surface area contributed by atoms with E-state index in [1.165, 1.54) is 0 Å². The topological polar surface area (TPSA) is 79.5 Å². The zero-order valence-electron chi connectivity index (χ0n) is 16.7. The zero-order chi connectivity index (χ0) is 21.6. The molecule has 7 heteroatoms. The van der Waals surface area contributed by atoms with Gasteiger partial charge in [-0.1, -0.05) is 41.9 Å². The van der Waals surface area contributed by atoms with Gasteiger partial charge in [-0.25, -0.2) is 0 Å². The number of para-hydroxylation sites is 2. The summed E-state index contributed by atoms with van der Waals surface area (Å²) in [5, 5.41) is 9.56. The lowest BCUT2D eigenvalue weighted by atomic mass is 10.0. The molecule has 1 atom stereocenters. The summed E-state index contributed by atoms with van der Waals surface area (Å²) in [7, 11) is 0. The van der Waals surface area contributed by atoms with Crippen molar-refractivity contribution in [1.82, 2.24) is 5.32 Å². The van der Waals surface area contributed by atoms with Crippen molar-refractivity contribution in [2.45, 2.75) is 12.5 Å². The molecule has 31 heavy (non-hydrogen) atoms. The van der Waals surface area contributed by atoms with Crippen molar-refractivity contribution in [1.29, 1.82) is 0 Å². The smallest absolute Gasteiger partial charge is 0.257 e. The molecule has 3 aromatic rings. The lowest BCUT2D eigenvalue weighted by Crippen LogP contribution is -2.36. The highest BCUT2D eigenvalue weighted by Gasteiger charge is 2.22. The molecule has 2 amide bonds. The predicted octanol–water partition coefficient (Wildman–Crippen LogP) is 4.64. The van der Waals surface area contributed by atoms with E-state index in [9.17, 15) is 9.59 Å². The molecule has 0 bridgehead atoms. The molecule has 0 radical (unpaired) electrons. The minimum atomic E-state index is -0.274. The molecule has 158 valence electrons. The number of amides is 2. The van der Waals surface area contributed by atoms with E-state index in [1.54, 1.807) is 42.5 Å². The van der Waals surface area contributed by atoms with Crippen LogP contribution in [0.1, 0.15) is 28.4 Å². The molecule has 3 N–H and O–H groups in total. The number of fused-ring (bicyclic) bond motifs is 1. The van der Waals surface area contributed by atoms with Crippen LogP contribution >= 0.6 is 11.6 Å². The number of nitrogens with one attached hydrogen (secondary N) is 3. The number of halogens is 1. The van der Waals surface area contributed by atoms with Crippen LogP contribution in [0.25, 0.3) is 0 Å². The molecular weight excluding hydrogens is 414 g/mol. The van der Waals surface area contributed by atoms with Crippen LogP contribution in [0.3, 0.4) is 0 Å². The monoisotopic (exact) mass is 435 g/mol. The summed E-state index contributed by atoms with van der Waals surface area (Å²) in [6, 6.07) is 21.6. The van der Waals surface area contributed by atoms with Gasteiger partial charge in [0.2, 0.25) is 5.91 Å². The number of anilines is 2. The lowest BCUT2D eigenvalue weighted by Gasteiger charge is -2.26. The van der Waals surface area contributed by atoms with Crippen LogP contribution < -0.4 is 20.7 Å². The van der Waals surface area contributed by atoms with E-state index in [1.807, 2.05) is 30.3 Å². The maximum absolute atomic E-state index is 12.7. The molecule has 3 aromatic carbocycles. The molecule has 1 aliphatic rings. The Kier molecular flexibility index (Phi) is 6.38. The van der Waals surface area contributed by atoms with E-state index in [-0.39, 0.29) is 24.4 Å². The first kappa shape index (κ1) is 20.8. The predicted molar refractivity (Wildman–Crippen MR) is 122 cm³/mol. The molecule has 0 spiro atoms. The maximum Gasteiger partial charge on any atom is 0.257 e. The summed E-state index contributed by atoms with van der Waals surface area (Å²) in [6.45, 7) is 0.605. The van der Waals surface area contributed by atoms with E-state index < -0.39 is 0 Å². The van der Waals surface area contributed by atoms with Gasteiger partial charge in [-0.2, -0.15) is 0 Å². The van der Waals surface area contributed by atoms with Crippen LogP contribution in [-0.2, 0) is 4.79 Å². The van der Waals surface area contributed by atoms with E-state index >= 15 is 0 Å². The third-order valence-electron chi connectivity index (χ3n) is 5.01. The Hall–Kier alpha value is -3.51. The average Bonchev–Trinajstić information content (AvgIpc) is 2.79. The van der Waals surface area contributed by atoms with Gasteiger partial charge in [0.15, 0.2) is 0 Å². The number of carbonyl (C=O) groups excluding carboxylic acids is 2. The standard InChI is InChI=1S/C24H22ClN3O3/c25-16-9-11-17(12-10-16)27-24(30)19-6-1-3-7-20(19)26-15-23(29)28-21-13-14-31-22-8-4-2-5-18(21)22/h1-12,21,26H,13-15H2,(H,27,30)(H,28,29). The third-order valence-corrected chi connectivity index (χ3v) is 5.26. The Labute approximate surface area is 185 Å². The average molecular weight is 436 g/mol. The van der Waals surface area contributed by atoms with Gasteiger partial charge in [0.1, 0.15) is 5.75 Å². The maximum atomic E-state index is 12.7. The number of benzene rings is 3. The van der Waals surface area contributed by atoms with Crippen LogP contribution in [0.2, 0.25) is 5.02 Å². The fourth-order valence-electron chi connectivity index (χ4n) is 3.48. The second-order valence-electron chi connectivity index (χ2n) is 7.16. The van der Waals surface area contributed by atoms with E-state index in [0.717, 1.165) is 11.3 Å². The minimum Gasteiger partial charge on any atom is -0.493 e. The van der Waals surface area contributed by atoms with Crippen LogP contribution in [-0.4, -0.2) is 25.0 Å². The van der Waals surface area contributed by atoms with E-state index in [4.69, 9.17) is 16.3 Å². The van der Waals surface area contributed by atoms with Gasteiger partial charge in [0, 0.05) is 28.4 Å². The first-order valence-corrected chi connectivity index (χ1v) is 10.4. The highest BCUT2D eigenvalue weighted by molar-refractivity contribution is 6.30. The van der Waals surface area contributed by atoms with Gasteiger partial charge in [-0.15, -0.1) is 0 Å². The van der Waals surface area contributed by atoms with Gasteiger partial charge in [-0.05, 0) is 42.5 Å². The van der Waals surface area contributed by atoms with Crippen LogP contribution in [0.15, 0.2) is 72.8 Å². The molecule has 0 saturated carbocycles. The third kappa shape index (κ3) is 5.16. The fraction of sp³-hybridized carbons (Fsp3) is 0.167. The molecule has 1 heterocycles. The molecule has 0 saturated heterocycles. The SMILES string of the molecule is O=C(CNc1ccccc1C(=O)Nc1ccc(Cl)cc1)NC1CCOc2ccccc21. The Balaban J connectivity index is 1.38. The quantitative estimate of drug-likeness (QED) is 0.526. The van der Waals surface area contributed by atoms with Crippen molar-refractivity contribution < 1.29 is 14.3 Å². The summed E-state index contributed by atoms with van der Waals surface area (Å²) in [5.74, 6) is 0.370. The fourth-order valence-corrected chi connectivity index (χ4v) is 3.61. The molecule has 4 rings (SSSR count). The zero-order valence-corrected chi connectivity index (χ0v) is 17.5. The minimum absolute atomic E-state index is 0.0464. The highest BCUT2D eigenvalue weighted by atomic mass is 35.5. The van der Waals surface area contributed by atoms with Gasteiger partial charge in [-0.3, -0.25) is 9.59 Å². The number of rotatable bonds is 6. The Morgan fingerprint density at radius 1 is 0.968 bits per heavy atom. The Morgan fingerprint density at radius 3 is 2.55 bits per heavy atom. The Bertz CT molecular complexity index is 1090. The molecular formula is C24H22ClN3O3. The van der Waals surface area contributed by atoms with Gasteiger partial charge in [0.05, 0.1) is 24.8 Å². The van der Waals surface area contributed by atoms with Crippen molar-refractivity contribution in [2.75, 3.05) is 23.8 Å². The summed E-state index contributed by atoms with van der Waals surface area (Å²) in [5.41, 5.74) is 2.64. The van der Waals surface area contributed by atoms with Crippen molar-refractivity contribution in [3.8, 4) is 5.75 Å². The molecule has 0 aliphatic carbocycles. The second-order valence-corrected chi connectivity index (χ2v) is 7.59. The number of carbonyl (C=O) groups is 2. The summed E-state index contributed by atoms with van der Waals surface area (Å²) >= 11 is 5.89. The first-order chi connectivity index (χ1) is 15.1. The molecule has 1 unspecified atom stereocenters. The summed E-state index contributed by atoms with van der Waals surface area (Å²) in [6.07, 6.45) is 0.711. The van der Waals surface area contributed by atoms with Crippen molar-refractivity contribution in [3.05, 3.63) is 88.9 Å². The Morgan fingerprint density at radius 2 is 1.71 bits per heavy atom. The lowest BCUT2D eigenvalue weighted by molar-refractivity contribution is -0.120. The number of ether oxygens (including phenoxy) is 1. The van der Waals surface area contributed by atoms with Crippen LogP contribution in [0.5, 0.6) is 5.75 Å². The van der Waals surface area contributed by atoms with Crippen molar-refractivity contribution >= 4 is 34.8 Å². The number of hydrogen-bond donors (Lipinski definition) is 3. The van der Waals surface area contributed by atoms with Crippen LogP contribution in [0.4, 0.5) is 11.4 Å². The highest BCUT2D eigenvalue weighted by Crippen LogP contribution is 2.31. The van der Waals surface area contributed by atoms with Crippen molar-refractivity contribution in [3.63, 3.8) is 0 Å². The molecule has 0 aromatic heterocycles. The largest absolute Gasteiger partial charge is 0.493 e. The first-order valence-electron chi connectivity index (χ1n) is 10.0. The van der Waals surface area contributed by atoms with Crippen LogP contribution in [0, 0.1) is 0 Å². The molecule has 1 aliphatic heterocycles. The molecule has 6 nitrogen and oxygen atoms in total. The summed E-state index contributed by atoms with van der Waals surface area (Å²) < 4.78 is 5.64. The van der Waals surface area contributed by atoms with E-state index in [0.29, 0.717) is 35.0 Å². The van der Waals surface area contributed by atoms with Gasteiger partial charge < -0.3 is 20.7 Å². The van der Waals surface area contributed by atoms with Gasteiger partial charge >= 0.3 is 0 Å². The normalized spacial score (nSPS) is 14.7. The van der Waals surface area contributed by atoms with E-state index in [2.05, 4.69) is 16.0 Å². The van der Waals surface area contributed by atoms with Crippen molar-refractivity contribution in [2.24, 2.45) is 0 Å². The molecule has 0 fully saturated rings. The second kappa shape index (κ2) is 9.53.